The average molecular weight is 469 g/mol. The largest absolute Gasteiger partial charge is 0.489 e. The van der Waals surface area contributed by atoms with Crippen LogP contribution in [-0.2, 0) is 5.41 Å². The molecule has 3 aromatic rings. The molecule has 2 aromatic carbocycles. The fraction of sp³-hybridized carbons (Fsp3) is 0.423. The second-order valence-electron chi connectivity index (χ2n) is 9.91. The van der Waals surface area contributed by atoms with Crippen molar-refractivity contribution in [3.63, 3.8) is 0 Å². The molecule has 1 amide bonds. The van der Waals surface area contributed by atoms with E-state index in [9.17, 15) is 9.18 Å². The third-order valence-electron chi connectivity index (χ3n) is 6.43. The predicted molar refractivity (Wildman–Crippen MR) is 130 cm³/mol. The Hall–Kier alpha value is -2.67. The number of fused-ring (bicyclic) bond motifs is 1. The molecule has 2 aliphatic rings. The van der Waals surface area contributed by atoms with E-state index < -0.39 is 5.91 Å². The number of ether oxygens (including phenoxy) is 1. The third-order valence-corrected chi connectivity index (χ3v) is 7.25. The van der Waals surface area contributed by atoms with Crippen molar-refractivity contribution in [2.75, 3.05) is 18.0 Å². The molecule has 2 fully saturated rings. The average Bonchev–Trinajstić information content (AvgIpc) is 3.12. The van der Waals surface area contributed by atoms with E-state index in [-0.39, 0.29) is 23.1 Å². The van der Waals surface area contributed by atoms with Crippen molar-refractivity contribution in [2.24, 2.45) is 0 Å². The summed E-state index contributed by atoms with van der Waals surface area (Å²) in [5.74, 6) is 0.0780. The summed E-state index contributed by atoms with van der Waals surface area (Å²) >= 11 is 1.21. The number of hydrogen-bond acceptors (Lipinski definition) is 5. The van der Waals surface area contributed by atoms with Gasteiger partial charge in [0.1, 0.15) is 17.1 Å². The van der Waals surface area contributed by atoms with Gasteiger partial charge >= 0.3 is 0 Å². The Morgan fingerprint density at radius 3 is 2.58 bits per heavy atom. The molecule has 2 heterocycles. The van der Waals surface area contributed by atoms with Gasteiger partial charge in [0.05, 0.1) is 16.4 Å². The molecule has 1 aromatic heterocycles. The van der Waals surface area contributed by atoms with E-state index in [1.54, 1.807) is 6.07 Å². The van der Waals surface area contributed by atoms with Crippen molar-refractivity contribution in [3.8, 4) is 5.75 Å². The molecule has 1 aliphatic heterocycles. The second kappa shape index (κ2) is 8.60. The Morgan fingerprint density at radius 1 is 1.15 bits per heavy atom. The van der Waals surface area contributed by atoms with E-state index in [1.165, 1.54) is 30.5 Å². The Bertz CT molecular complexity index is 1190. The van der Waals surface area contributed by atoms with E-state index in [0.717, 1.165) is 54.2 Å². The fourth-order valence-corrected chi connectivity index (χ4v) is 4.63. The zero-order valence-electron chi connectivity index (χ0n) is 19.2. The maximum absolute atomic E-state index is 14.6. The Morgan fingerprint density at radius 2 is 1.94 bits per heavy atom. The van der Waals surface area contributed by atoms with Crippen LogP contribution in [0.2, 0.25) is 0 Å². The van der Waals surface area contributed by atoms with Crippen LogP contribution in [0.1, 0.15) is 62.6 Å². The van der Waals surface area contributed by atoms with Gasteiger partial charge in [0.25, 0.3) is 5.91 Å². The second-order valence-corrected chi connectivity index (χ2v) is 10.8. The molecule has 0 spiro atoms. The van der Waals surface area contributed by atoms with E-state index >= 15 is 0 Å². The highest BCUT2D eigenvalue weighted by Crippen LogP contribution is 2.36. The summed E-state index contributed by atoms with van der Waals surface area (Å²) in [6.45, 7) is 8.28. The van der Waals surface area contributed by atoms with Crippen LogP contribution in [0.4, 0.5) is 10.1 Å². The lowest BCUT2D eigenvalue weighted by Crippen LogP contribution is -2.36. The number of carbonyl (C=O) groups is 1. The molecule has 174 valence electrons. The van der Waals surface area contributed by atoms with Gasteiger partial charge in [-0.05, 0) is 66.8 Å². The summed E-state index contributed by atoms with van der Waals surface area (Å²) in [6.07, 6.45) is 4.64. The highest BCUT2D eigenvalue weighted by Gasteiger charge is 2.24. The van der Waals surface area contributed by atoms with Crippen molar-refractivity contribution in [2.45, 2.75) is 62.9 Å². The minimum atomic E-state index is -0.406. The van der Waals surface area contributed by atoms with Crippen molar-refractivity contribution < 1.29 is 18.3 Å². The topological polar surface area (TPSA) is 54.7 Å². The number of halogens is 1. The number of hydrogen-bond donors (Lipinski definition) is 1. The molecule has 0 radical (unpaired) electrons. The molecule has 33 heavy (non-hydrogen) atoms. The first-order valence-electron chi connectivity index (χ1n) is 11.5. The van der Waals surface area contributed by atoms with E-state index in [0.29, 0.717) is 11.0 Å². The standard InChI is InChI=1S/C26H29FN2O3S/c1-26(2,3)16-8-9-21(31-18-6-4-7-18)24(12-16)33-28-25(30)23-15-19-20(27)13-17(14-22(19)32-23)29-10-5-11-29/h8-9,12-15,18H,4-7,10-11H2,1-3H3,(H,28,30). The number of anilines is 1. The first-order valence-corrected chi connectivity index (χ1v) is 12.4. The molecule has 1 N–H and O–H groups in total. The smallest absolute Gasteiger partial charge is 0.297 e. The van der Waals surface area contributed by atoms with Crippen LogP contribution in [0.5, 0.6) is 5.75 Å². The van der Waals surface area contributed by atoms with Crippen LogP contribution in [0.15, 0.2) is 45.7 Å². The molecule has 5 nitrogen and oxygen atoms in total. The van der Waals surface area contributed by atoms with Crippen LogP contribution in [0.25, 0.3) is 11.0 Å². The maximum Gasteiger partial charge on any atom is 0.297 e. The Balaban J connectivity index is 1.35. The molecule has 1 saturated carbocycles. The maximum atomic E-state index is 14.6. The molecule has 0 atom stereocenters. The summed E-state index contributed by atoms with van der Waals surface area (Å²) in [4.78, 5) is 15.8. The van der Waals surface area contributed by atoms with Crippen LogP contribution >= 0.6 is 11.9 Å². The van der Waals surface area contributed by atoms with Gasteiger partial charge in [0.2, 0.25) is 0 Å². The van der Waals surface area contributed by atoms with Gasteiger partial charge in [-0.1, -0.05) is 26.8 Å². The highest BCUT2D eigenvalue weighted by atomic mass is 32.2. The van der Waals surface area contributed by atoms with Gasteiger partial charge in [0.15, 0.2) is 5.76 Å². The minimum Gasteiger partial charge on any atom is -0.489 e. The first kappa shape index (κ1) is 22.1. The quantitative estimate of drug-likeness (QED) is 0.422. The molecule has 0 unspecified atom stereocenters. The first-order chi connectivity index (χ1) is 15.8. The van der Waals surface area contributed by atoms with Crippen molar-refractivity contribution >= 4 is 34.5 Å². The SMILES string of the molecule is CC(C)(C)c1ccc(OC2CCC2)c(SNC(=O)c2cc3c(F)cc(N4CCC4)cc3o2)c1. The molecule has 0 bridgehead atoms. The monoisotopic (exact) mass is 468 g/mol. The number of rotatable bonds is 6. The molecular weight excluding hydrogens is 439 g/mol. The normalized spacial score (nSPS) is 16.4. The van der Waals surface area contributed by atoms with Crippen LogP contribution in [-0.4, -0.2) is 25.1 Å². The van der Waals surface area contributed by atoms with Crippen LogP contribution in [0, 0.1) is 5.82 Å². The van der Waals surface area contributed by atoms with Gasteiger partial charge in [-0.2, -0.15) is 0 Å². The Kier molecular flexibility index (Phi) is 5.77. The van der Waals surface area contributed by atoms with Crippen molar-refractivity contribution in [1.82, 2.24) is 4.72 Å². The number of nitrogens with one attached hydrogen (secondary N) is 1. The summed E-state index contributed by atoms with van der Waals surface area (Å²) in [7, 11) is 0. The third kappa shape index (κ3) is 4.56. The van der Waals surface area contributed by atoms with Gasteiger partial charge < -0.3 is 14.1 Å². The van der Waals surface area contributed by atoms with E-state index in [4.69, 9.17) is 9.15 Å². The zero-order chi connectivity index (χ0) is 23.2. The molecule has 1 aliphatic carbocycles. The molecule has 1 saturated heterocycles. The predicted octanol–water partition coefficient (Wildman–Crippen LogP) is 6.45. The van der Waals surface area contributed by atoms with Gasteiger partial charge in [-0.25, -0.2) is 4.39 Å². The lowest BCUT2D eigenvalue weighted by atomic mass is 9.87. The summed E-state index contributed by atoms with van der Waals surface area (Å²) in [6, 6.07) is 10.9. The Labute approximate surface area is 197 Å². The number of carbonyl (C=O) groups excluding carboxylic acids is 1. The lowest BCUT2D eigenvalue weighted by Gasteiger charge is -2.33. The summed E-state index contributed by atoms with van der Waals surface area (Å²) < 4.78 is 29.4. The number of nitrogens with zero attached hydrogens (tertiary/aromatic N) is 1. The van der Waals surface area contributed by atoms with Gasteiger partial charge in [0, 0.05) is 30.9 Å². The number of amides is 1. The van der Waals surface area contributed by atoms with Gasteiger partial charge in [-0.15, -0.1) is 0 Å². The summed E-state index contributed by atoms with van der Waals surface area (Å²) in [5.41, 5.74) is 2.30. The molecule has 7 heteroatoms. The molecule has 5 rings (SSSR count). The van der Waals surface area contributed by atoms with Crippen LogP contribution < -0.4 is 14.4 Å². The minimum absolute atomic E-state index is 0.0290. The van der Waals surface area contributed by atoms with Crippen molar-refractivity contribution in [1.29, 1.82) is 0 Å². The number of furan rings is 1. The highest BCUT2D eigenvalue weighted by molar-refractivity contribution is 7.98. The van der Waals surface area contributed by atoms with Crippen LogP contribution in [0.3, 0.4) is 0 Å². The lowest BCUT2D eigenvalue weighted by molar-refractivity contribution is 0.0959. The molecular formula is C26H29FN2O3S. The van der Waals surface area contributed by atoms with E-state index in [1.807, 2.05) is 6.07 Å². The number of benzene rings is 2. The van der Waals surface area contributed by atoms with Crippen molar-refractivity contribution in [3.05, 3.63) is 53.5 Å². The fourth-order valence-electron chi connectivity index (χ4n) is 3.92. The zero-order valence-corrected chi connectivity index (χ0v) is 20.1. The summed E-state index contributed by atoms with van der Waals surface area (Å²) in [5, 5.41) is 0.318. The van der Waals surface area contributed by atoms with Gasteiger partial charge in [-0.3, -0.25) is 9.52 Å². The van der Waals surface area contributed by atoms with E-state index in [2.05, 4.69) is 42.5 Å².